The van der Waals surface area contributed by atoms with E-state index in [-0.39, 0.29) is 22.2 Å². The second-order valence-electron chi connectivity index (χ2n) is 4.96. The molecule has 0 spiro atoms. The van der Waals surface area contributed by atoms with Crippen molar-refractivity contribution in [2.45, 2.75) is 18.9 Å². The number of nitrogens with two attached hydrogens (primary N) is 1. The van der Waals surface area contributed by atoms with Crippen molar-refractivity contribution in [2.24, 2.45) is 0 Å². The molecule has 1 unspecified atom stereocenters. The van der Waals surface area contributed by atoms with Gasteiger partial charge in [-0.25, -0.2) is 13.4 Å². The van der Waals surface area contributed by atoms with Crippen molar-refractivity contribution >= 4 is 33.0 Å². The number of aromatic nitrogens is 1. The summed E-state index contributed by atoms with van der Waals surface area (Å²) in [6, 6.07) is 1.41. The first kappa shape index (κ1) is 14.1. The van der Waals surface area contributed by atoms with E-state index in [4.69, 9.17) is 17.3 Å². The Morgan fingerprint density at radius 2 is 2.26 bits per heavy atom. The van der Waals surface area contributed by atoms with Crippen LogP contribution in [0, 0.1) is 0 Å². The van der Waals surface area contributed by atoms with E-state index in [9.17, 15) is 13.2 Å². The van der Waals surface area contributed by atoms with Crippen LogP contribution in [0.3, 0.4) is 0 Å². The largest absolute Gasteiger partial charge is 0.397 e. The first-order valence-electron chi connectivity index (χ1n) is 5.65. The zero-order valence-corrected chi connectivity index (χ0v) is 11.9. The van der Waals surface area contributed by atoms with Crippen LogP contribution in [-0.2, 0) is 9.84 Å². The van der Waals surface area contributed by atoms with Gasteiger partial charge in [0.25, 0.3) is 5.91 Å². The Morgan fingerprint density at radius 3 is 2.84 bits per heavy atom. The average Bonchev–Trinajstić information content (AvgIpc) is 2.56. The van der Waals surface area contributed by atoms with Gasteiger partial charge in [0.2, 0.25) is 0 Å². The van der Waals surface area contributed by atoms with Crippen LogP contribution in [0.15, 0.2) is 12.3 Å². The SMILES string of the molecule is CC1(NC(=O)c2cc(N)cnc2Cl)CCS(=O)(=O)C1. The molecule has 104 valence electrons. The van der Waals surface area contributed by atoms with Crippen LogP contribution in [0.25, 0.3) is 0 Å². The van der Waals surface area contributed by atoms with Gasteiger partial charge in [-0.3, -0.25) is 4.79 Å². The molecule has 0 aromatic carbocycles. The number of anilines is 1. The van der Waals surface area contributed by atoms with Gasteiger partial charge in [0.1, 0.15) is 5.15 Å². The lowest BCUT2D eigenvalue weighted by Gasteiger charge is -2.24. The van der Waals surface area contributed by atoms with E-state index < -0.39 is 21.3 Å². The molecule has 0 bridgehead atoms. The molecule has 1 amide bonds. The van der Waals surface area contributed by atoms with E-state index in [2.05, 4.69) is 10.3 Å². The maximum atomic E-state index is 12.1. The fraction of sp³-hybridized carbons (Fsp3) is 0.455. The Kier molecular flexibility index (Phi) is 3.44. The normalized spacial score (nSPS) is 25.2. The highest BCUT2D eigenvalue weighted by atomic mass is 35.5. The number of carbonyl (C=O) groups excluding carboxylic acids is 1. The first-order chi connectivity index (χ1) is 8.71. The van der Waals surface area contributed by atoms with E-state index in [1.807, 2.05) is 0 Å². The zero-order valence-electron chi connectivity index (χ0n) is 10.3. The van der Waals surface area contributed by atoms with Crippen molar-refractivity contribution in [3.63, 3.8) is 0 Å². The molecular weight excluding hydrogens is 290 g/mol. The topological polar surface area (TPSA) is 102 Å². The number of halogens is 1. The number of hydrogen-bond donors (Lipinski definition) is 2. The second kappa shape index (κ2) is 4.64. The minimum atomic E-state index is -3.09. The third kappa shape index (κ3) is 3.16. The lowest BCUT2D eigenvalue weighted by molar-refractivity contribution is 0.0915. The second-order valence-corrected chi connectivity index (χ2v) is 7.51. The molecule has 1 aromatic heterocycles. The van der Waals surface area contributed by atoms with Crippen LogP contribution in [0.2, 0.25) is 5.15 Å². The summed E-state index contributed by atoms with van der Waals surface area (Å²) in [6.45, 7) is 1.70. The third-order valence-electron chi connectivity index (χ3n) is 3.02. The van der Waals surface area contributed by atoms with Crippen molar-refractivity contribution in [1.82, 2.24) is 10.3 Å². The number of nitrogens with zero attached hydrogens (tertiary/aromatic N) is 1. The van der Waals surface area contributed by atoms with Crippen molar-refractivity contribution in [2.75, 3.05) is 17.2 Å². The maximum absolute atomic E-state index is 12.1. The summed E-state index contributed by atoms with van der Waals surface area (Å²) in [4.78, 5) is 15.9. The quantitative estimate of drug-likeness (QED) is 0.780. The number of carbonyl (C=O) groups is 1. The molecule has 6 nitrogen and oxygen atoms in total. The number of pyridine rings is 1. The predicted octanol–water partition coefficient (Wildman–Crippen LogP) is 0.624. The Hall–Kier alpha value is -1.34. The molecule has 0 aliphatic carbocycles. The van der Waals surface area contributed by atoms with Crippen LogP contribution < -0.4 is 11.1 Å². The molecule has 1 aromatic rings. The molecule has 0 radical (unpaired) electrons. The van der Waals surface area contributed by atoms with Crippen molar-refractivity contribution in [3.05, 3.63) is 23.0 Å². The summed E-state index contributed by atoms with van der Waals surface area (Å²) >= 11 is 5.83. The highest BCUT2D eigenvalue weighted by molar-refractivity contribution is 7.91. The molecule has 2 rings (SSSR count). The molecule has 1 fully saturated rings. The van der Waals surface area contributed by atoms with Gasteiger partial charge < -0.3 is 11.1 Å². The predicted molar refractivity (Wildman–Crippen MR) is 72.8 cm³/mol. The van der Waals surface area contributed by atoms with Crippen molar-refractivity contribution < 1.29 is 13.2 Å². The van der Waals surface area contributed by atoms with Crippen LogP contribution in [0.1, 0.15) is 23.7 Å². The molecule has 1 aliphatic heterocycles. The van der Waals surface area contributed by atoms with Gasteiger partial charge in [-0.1, -0.05) is 11.6 Å². The van der Waals surface area contributed by atoms with E-state index in [0.29, 0.717) is 12.1 Å². The average molecular weight is 304 g/mol. The van der Waals surface area contributed by atoms with E-state index in [0.717, 1.165) is 0 Å². The third-order valence-corrected chi connectivity index (χ3v) is 5.23. The van der Waals surface area contributed by atoms with Gasteiger partial charge in [0.05, 0.1) is 34.5 Å². The summed E-state index contributed by atoms with van der Waals surface area (Å²) in [6.07, 6.45) is 1.73. The smallest absolute Gasteiger partial charge is 0.254 e. The molecule has 1 aliphatic rings. The van der Waals surface area contributed by atoms with Crippen molar-refractivity contribution in [1.29, 1.82) is 0 Å². The summed E-state index contributed by atoms with van der Waals surface area (Å²) in [7, 11) is -3.09. The number of nitrogen functional groups attached to an aromatic ring is 1. The molecule has 3 N–H and O–H groups in total. The van der Waals surface area contributed by atoms with E-state index >= 15 is 0 Å². The molecule has 19 heavy (non-hydrogen) atoms. The zero-order chi connectivity index (χ0) is 14.3. The summed E-state index contributed by atoms with van der Waals surface area (Å²) < 4.78 is 23.0. The van der Waals surface area contributed by atoms with Gasteiger partial charge in [0, 0.05) is 0 Å². The molecule has 1 saturated heterocycles. The number of nitrogens with one attached hydrogen (secondary N) is 1. The molecule has 1 atom stereocenters. The summed E-state index contributed by atoms with van der Waals surface area (Å²) in [5, 5.41) is 2.74. The van der Waals surface area contributed by atoms with Gasteiger partial charge in [-0.05, 0) is 19.4 Å². The number of sulfone groups is 1. The maximum Gasteiger partial charge on any atom is 0.254 e. The lowest BCUT2D eigenvalue weighted by Crippen LogP contribution is -2.47. The van der Waals surface area contributed by atoms with E-state index in [1.54, 1.807) is 6.92 Å². The lowest BCUT2D eigenvalue weighted by atomic mass is 10.0. The van der Waals surface area contributed by atoms with Crippen LogP contribution in [-0.4, -0.2) is 36.4 Å². The van der Waals surface area contributed by atoms with Gasteiger partial charge in [0.15, 0.2) is 9.84 Å². The number of amides is 1. The Morgan fingerprint density at radius 1 is 1.58 bits per heavy atom. The number of hydrogen-bond acceptors (Lipinski definition) is 5. The van der Waals surface area contributed by atoms with Gasteiger partial charge >= 0.3 is 0 Å². The number of rotatable bonds is 2. The van der Waals surface area contributed by atoms with Gasteiger partial charge in [-0.2, -0.15) is 0 Å². The molecule has 2 heterocycles. The van der Waals surface area contributed by atoms with Crippen LogP contribution >= 0.6 is 11.6 Å². The molecule has 8 heteroatoms. The highest BCUT2D eigenvalue weighted by Crippen LogP contribution is 2.24. The van der Waals surface area contributed by atoms with Crippen molar-refractivity contribution in [3.8, 4) is 0 Å². The first-order valence-corrected chi connectivity index (χ1v) is 7.85. The Balaban J connectivity index is 2.20. The summed E-state index contributed by atoms with van der Waals surface area (Å²) in [5.41, 5.74) is 5.24. The minimum absolute atomic E-state index is 0.0381. The highest BCUT2D eigenvalue weighted by Gasteiger charge is 2.39. The fourth-order valence-corrected chi connectivity index (χ4v) is 4.36. The van der Waals surface area contributed by atoms with E-state index in [1.165, 1.54) is 12.3 Å². The molecule has 0 saturated carbocycles. The molecular formula is C11H14ClN3O3S. The fourth-order valence-electron chi connectivity index (χ4n) is 2.07. The monoisotopic (exact) mass is 303 g/mol. The standard InChI is InChI=1S/C11H14ClN3O3S/c1-11(2-3-19(17,18)6-11)15-10(16)8-4-7(13)5-14-9(8)12/h4-5H,2-3,6,13H2,1H3,(H,15,16). The summed E-state index contributed by atoms with van der Waals surface area (Å²) in [5.74, 6) is -0.462. The van der Waals surface area contributed by atoms with Crippen LogP contribution in [0.4, 0.5) is 5.69 Å². The Labute approximate surface area is 116 Å². The van der Waals surface area contributed by atoms with Gasteiger partial charge in [-0.15, -0.1) is 0 Å². The van der Waals surface area contributed by atoms with Crippen LogP contribution in [0.5, 0.6) is 0 Å². The minimum Gasteiger partial charge on any atom is -0.397 e. The Bertz CT molecular complexity index is 632.